The van der Waals surface area contributed by atoms with E-state index in [-0.39, 0.29) is 5.78 Å². The van der Waals surface area contributed by atoms with E-state index in [4.69, 9.17) is 4.65 Å². The van der Waals surface area contributed by atoms with Crippen LogP contribution in [0.5, 0.6) is 0 Å². The molecule has 0 unspecified atom stereocenters. The third-order valence-electron chi connectivity index (χ3n) is 2.74. The maximum Gasteiger partial charge on any atom is 0.336 e. The molecule has 2 aromatic carbocycles. The van der Waals surface area contributed by atoms with Crippen molar-refractivity contribution < 1.29 is 9.45 Å². The Hall–Kier alpha value is -2.03. The molecule has 0 aliphatic heterocycles. The van der Waals surface area contributed by atoms with E-state index < -0.39 is 0 Å². The van der Waals surface area contributed by atoms with Gasteiger partial charge in [0.05, 0.1) is 5.76 Å². The summed E-state index contributed by atoms with van der Waals surface area (Å²) in [6, 6.07) is 13.7. The molecule has 0 heterocycles. The minimum absolute atomic E-state index is 0.0216. The Labute approximate surface area is 108 Å². The zero-order valence-corrected chi connectivity index (χ0v) is 10.6. The monoisotopic (exact) mass is 238 g/mol. The molecule has 2 aromatic rings. The predicted octanol–water partition coefficient (Wildman–Crippen LogP) is 3.34. The van der Waals surface area contributed by atoms with Crippen LogP contribution < -0.4 is 0 Å². The van der Waals surface area contributed by atoms with Crippen LogP contribution in [0.3, 0.4) is 0 Å². The van der Waals surface area contributed by atoms with Gasteiger partial charge in [-0.3, -0.25) is 4.79 Å². The average molecular weight is 238 g/mol. The van der Waals surface area contributed by atoms with Crippen LogP contribution in [-0.2, 0) is 4.65 Å². The Morgan fingerprint density at radius 3 is 2.61 bits per heavy atom. The Bertz CT molecular complexity index is 602. The van der Waals surface area contributed by atoms with E-state index in [1.54, 1.807) is 6.92 Å². The topological polar surface area (TPSA) is 26.3 Å². The van der Waals surface area contributed by atoms with E-state index >= 15 is 0 Å². The molecule has 2 nitrogen and oxygen atoms in total. The van der Waals surface area contributed by atoms with Gasteiger partial charge in [-0.15, -0.1) is 0 Å². The standard InChI is InChI=1S/C15H15BO2/c1-11(18-16-2)9-15(17)14-8-7-12-5-3-4-6-13(12)10-14/h3-10,16H,1-2H3/b11-9-. The lowest BCUT2D eigenvalue weighted by atomic mass is 10.0. The second-order valence-electron chi connectivity index (χ2n) is 4.11. The fourth-order valence-corrected chi connectivity index (χ4v) is 1.88. The molecule has 0 spiro atoms. The third-order valence-corrected chi connectivity index (χ3v) is 2.74. The minimum Gasteiger partial charge on any atom is -0.568 e. The number of allylic oxidation sites excluding steroid dienone is 2. The molecule has 0 amide bonds. The lowest BCUT2D eigenvalue weighted by molar-refractivity contribution is 0.104. The smallest absolute Gasteiger partial charge is 0.336 e. The summed E-state index contributed by atoms with van der Waals surface area (Å²) in [6.07, 6.45) is 1.54. The largest absolute Gasteiger partial charge is 0.568 e. The molecule has 0 aromatic heterocycles. The summed E-state index contributed by atoms with van der Waals surface area (Å²) >= 11 is 0. The highest BCUT2D eigenvalue weighted by Gasteiger charge is 2.04. The van der Waals surface area contributed by atoms with Crippen molar-refractivity contribution in [2.45, 2.75) is 13.7 Å². The van der Waals surface area contributed by atoms with Crippen molar-refractivity contribution in [3.05, 3.63) is 59.9 Å². The zero-order valence-electron chi connectivity index (χ0n) is 10.6. The summed E-state index contributed by atoms with van der Waals surface area (Å²) in [7, 11) is 0.577. The number of fused-ring (bicyclic) bond motifs is 1. The highest BCUT2D eigenvalue weighted by Crippen LogP contribution is 2.16. The Morgan fingerprint density at radius 1 is 1.17 bits per heavy atom. The van der Waals surface area contributed by atoms with Crippen LogP contribution >= 0.6 is 0 Å². The molecule has 3 heteroatoms. The van der Waals surface area contributed by atoms with Crippen LogP contribution in [-0.4, -0.2) is 13.3 Å². The SMILES string of the molecule is CBO/C(C)=C\C(=O)c1ccc2ccccc2c1. The summed E-state index contributed by atoms with van der Waals surface area (Å²) in [6.45, 7) is 3.69. The van der Waals surface area contributed by atoms with Crippen molar-refractivity contribution in [1.82, 2.24) is 0 Å². The molecule has 0 atom stereocenters. The Morgan fingerprint density at radius 2 is 1.89 bits per heavy atom. The predicted molar refractivity (Wildman–Crippen MR) is 76.1 cm³/mol. The quantitative estimate of drug-likeness (QED) is 0.353. The highest BCUT2D eigenvalue weighted by atomic mass is 16.4. The number of hydrogen-bond donors (Lipinski definition) is 0. The molecule has 0 saturated carbocycles. The van der Waals surface area contributed by atoms with E-state index in [0.29, 0.717) is 18.8 Å². The van der Waals surface area contributed by atoms with Gasteiger partial charge in [-0.25, -0.2) is 0 Å². The number of ketones is 1. The van der Waals surface area contributed by atoms with Crippen LogP contribution in [0.15, 0.2) is 54.3 Å². The maximum atomic E-state index is 12.0. The van der Waals surface area contributed by atoms with E-state index in [0.717, 1.165) is 10.8 Å². The highest BCUT2D eigenvalue weighted by molar-refractivity contribution is 6.25. The van der Waals surface area contributed by atoms with Crippen molar-refractivity contribution in [3.8, 4) is 0 Å². The van der Waals surface area contributed by atoms with Crippen LogP contribution in [0.4, 0.5) is 0 Å². The van der Waals surface area contributed by atoms with Crippen LogP contribution in [0.2, 0.25) is 6.82 Å². The Kier molecular flexibility index (Phi) is 3.83. The van der Waals surface area contributed by atoms with Crippen molar-refractivity contribution >= 4 is 24.0 Å². The van der Waals surface area contributed by atoms with Crippen LogP contribution in [0.1, 0.15) is 17.3 Å². The fraction of sp³-hybridized carbons (Fsp3) is 0.133. The van der Waals surface area contributed by atoms with Crippen LogP contribution in [0, 0.1) is 0 Å². The molecule has 0 bridgehead atoms. The van der Waals surface area contributed by atoms with Gasteiger partial charge >= 0.3 is 7.48 Å². The average Bonchev–Trinajstić information content (AvgIpc) is 2.38. The van der Waals surface area contributed by atoms with Gasteiger partial charge in [0.25, 0.3) is 0 Å². The first-order valence-corrected chi connectivity index (χ1v) is 6.05. The van der Waals surface area contributed by atoms with Gasteiger partial charge in [0.1, 0.15) is 0 Å². The number of hydrogen-bond acceptors (Lipinski definition) is 2. The van der Waals surface area contributed by atoms with Crippen molar-refractivity contribution in [2.24, 2.45) is 0 Å². The van der Waals surface area contributed by atoms with Gasteiger partial charge in [0.2, 0.25) is 0 Å². The second kappa shape index (κ2) is 5.54. The molecule has 0 aliphatic carbocycles. The fourth-order valence-electron chi connectivity index (χ4n) is 1.88. The van der Waals surface area contributed by atoms with Gasteiger partial charge in [-0.1, -0.05) is 43.2 Å². The van der Waals surface area contributed by atoms with Crippen molar-refractivity contribution in [2.75, 3.05) is 0 Å². The summed E-state index contributed by atoms with van der Waals surface area (Å²) < 4.78 is 5.26. The first-order valence-electron chi connectivity index (χ1n) is 6.05. The molecule has 0 radical (unpaired) electrons. The van der Waals surface area contributed by atoms with E-state index in [1.807, 2.05) is 49.3 Å². The number of rotatable bonds is 4. The number of carbonyl (C=O) groups excluding carboxylic acids is 1. The van der Waals surface area contributed by atoms with E-state index in [1.165, 1.54) is 6.08 Å². The van der Waals surface area contributed by atoms with Gasteiger partial charge < -0.3 is 4.65 Å². The minimum atomic E-state index is -0.0216. The third kappa shape index (κ3) is 2.80. The van der Waals surface area contributed by atoms with Crippen molar-refractivity contribution in [3.63, 3.8) is 0 Å². The van der Waals surface area contributed by atoms with Gasteiger partial charge in [0.15, 0.2) is 5.78 Å². The summed E-state index contributed by atoms with van der Waals surface area (Å²) in [5.74, 6) is 0.627. The zero-order chi connectivity index (χ0) is 13.0. The molecular formula is C15H15BO2. The van der Waals surface area contributed by atoms with Gasteiger partial charge in [-0.05, 0) is 23.8 Å². The van der Waals surface area contributed by atoms with Crippen molar-refractivity contribution in [1.29, 1.82) is 0 Å². The molecule has 0 fully saturated rings. The van der Waals surface area contributed by atoms with Crippen LogP contribution in [0.25, 0.3) is 10.8 Å². The maximum absolute atomic E-state index is 12.0. The van der Waals surface area contributed by atoms with Gasteiger partial charge in [0, 0.05) is 11.6 Å². The van der Waals surface area contributed by atoms with E-state index in [9.17, 15) is 4.79 Å². The normalized spacial score (nSPS) is 11.3. The molecule has 0 N–H and O–H groups in total. The number of benzene rings is 2. The lowest BCUT2D eigenvalue weighted by Gasteiger charge is -2.03. The number of carbonyl (C=O) groups is 1. The lowest BCUT2D eigenvalue weighted by Crippen LogP contribution is -1.98. The second-order valence-corrected chi connectivity index (χ2v) is 4.11. The first kappa shape index (κ1) is 12.4. The molecular weight excluding hydrogens is 223 g/mol. The Balaban J connectivity index is 2.31. The summed E-state index contributed by atoms with van der Waals surface area (Å²) in [4.78, 5) is 12.0. The summed E-state index contributed by atoms with van der Waals surface area (Å²) in [5.41, 5.74) is 0.688. The molecule has 0 saturated heterocycles. The molecule has 90 valence electrons. The van der Waals surface area contributed by atoms with Gasteiger partial charge in [-0.2, -0.15) is 0 Å². The molecule has 2 rings (SSSR count). The molecule has 18 heavy (non-hydrogen) atoms. The summed E-state index contributed by atoms with van der Waals surface area (Å²) in [5, 5.41) is 2.21. The first-order chi connectivity index (χ1) is 8.70. The van der Waals surface area contributed by atoms with E-state index in [2.05, 4.69) is 0 Å². The molecule has 0 aliphatic rings.